The second-order valence-electron chi connectivity index (χ2n) is 4.19. The van der Waals surface area contributed by atoms with Gasteiger partial charge in [-0.15, -0.1) is 5.10 Å². The lowest BCUT2D eigenvalue weighted by Gasteiger charge is -2.07. The van der Waals surface area contributed by atoms with Crippen LogP contribution in [0.4, 0.5) is 5.69 Å². The van der Waals surface area contributed by atoms with Crippen LogP contribution in [-0.2, 0) is 0 Å². The van der Waals surface area contributed by atoms with Gasteiger partial charge in [-0.05, 0) is 31.2 Å². The number of hydrogen-bond donors (Lipinski definition) is 2. The Balaban J connectivity index is 1.99. The second-order valence-corrected chi connectivity index (χ2v) is 4.60. The van der Waals surface area contributed by atoms with Crippen molar-refractivity contribution in [3.8, 4) is 0 Å². The number of pyridine rings is 1. The van der Waals surface area contributed by atoms with E-state index < -0.39 is 5.91 Å². The van der Waals surface area contributed by atoms with Crippen LogP contribution < -0.4 is 5.32 Å². The molecule has 3 aromatic rings. The van der Waals surface area contributed by atoms with Gasteiger partial charge in [0.05, 0.1) is 16.2 Å². The Kier molecular flexibility index (Phi) is 3.08. The van der Waals surface area contributed by atoms with Gasteiger partial charge in [-0.25, -0.2) is 4.98 Å². The fourth-order valence-corrected chi connectivity index (χ4v) is 2.08. The van der Waals surface area contributed by atoms with Crippen molar-refractivity contribution in [1.29, 1.82) is 0 Å². The summed E-state index contributed by atoms with van der Waals surface area (Å²) in [5, 5.41) is 10.5. The zero-order valence-electron chi connectivity index (χ0n) is 10.5. The zero-order valence-corrected chi connectivity index (χ0v) is 11.3. The van der Waals surface area contributed by atoms with E-state index in [1.807, 2.05) is 6.07 Å². The number of fused-ring (bicyclic) bond motifs is 1. The predicted molar refractivity (Wildman–Crippen MR) is 75.8 cm³/mol. The fourth-order valence-electron chi connectivity index (χ4n) is 1.86. The van der Waals surface area contributed by atoms with Gasteiger partial charge in [0, 0.05) is 11.6 Å². The highest BCUT2D eigenvalue weighted by molar-refractivity contribution is 6.36. The summed E-state index contributed by atoms with van der Waals surface area (Å²) in [6.45, 7) is 1.73. The van der Waals surface area contributed by atoms with Crippen molar-refractivity contribution in [1.82, 2.24) is 20.2 Å². The average Bonchev–Trinajstić information content (AvgIpc) is 2.89. The number of H-pyrrole nitrogens is 1. The predicted octanol–water partition coefficient (Wildman–Crippen LogP) is 2.57. The number of nitrogens with zero attached hydrogens (tertiary/aromatic N) is 3. The first-order valence-corrected chi connectivity index (χ1v) is 6.26. The molecule has 1 amide bonds. The Morgan fingerprint density at radius 3 is 2.95 bits per heavy atom. The molecule has 0 atom stereocenters. The van der Waals surface area contributed by atoms with Crippen LogP contribution in [0.2, 0.25) is 5.02 Å². The molecule has 7 heteroatoms. The molecule has 0 aliphatic carbocycles. The first kappa shape index (κ1) is 12.6. The van der Waals surface area contributed by atoms with Gasteiger partial charge >= 0.3 is 0 Å². The van der Waals surface area contributed by atoms with Gasteiger partial charge < -0.3 is 5.32 Å². The van der Waals surface area contributed by atoms with E-state index in [0.717, 1.165) is 5.39 Å². The number of aromatic amines is 1. The normalized spacial score (nSPS) is 10.7. The van der Waals surface area contributed by atoms with E-state index in [-0.39, 0.29) is 5.82 Å². The lowest BCUT2D eigenvalue weighted by atomic mass is 10.2. The number of nitrogens with one attached hydrogen (secondary N) is 2. The topological polar surface area (TPSA) is 83.6 Å². The fraction of sp³-hybridized carbons (Fsp3) is 0.0769. The molecule has 0 saturated carbocycles. The Hall–Kier alpha value is -2.47. The lowest BCUT2D eigenvalue weighted by molar-refractivity contribution is 0.101. The Bertz CT molecular complexity index is 798. The van der Waals surface area contributed by atoms with Gasteiger partial charge in [0.1, 0.15) is 5.82 Å². The van der Waals surface area contributed by atoms with E-state index in [2.05, 4.69) is 25.5 Å². The molecule has 0 bridgehead atoms. The maximum atomic E-state index is 12.0. The monoisotopic (exact) mass is 287 g/mol. The van der Waals surface area contributed by atoms with Gasteiger partial charge in [-0.1, -0.05) is 11.6 Å². The molecule has 1 aromatic carbocycles. The molecule has 3 rings (SSSR count). The number of amides is 1. The van der Waals surface area contributed by atoms with E-state index in [1.165, 1.54) is 0 Å². The van der Waals surface area contributed by atoms with Crippen LogP contribution in [0.5, 0.6) is 0 Å². The molecule has 2 aromatic heterocycles. The van der Waals surface area contributed by atoms with E-state index in [9.17, 15) is 4.79 Å². The number of anilines is 1. The molecule has 0 unspecified atom stereocenters. The number of halogens is 1. The average molecular weight is 288 g/mol. The highest BCUT2D eigenvalue weighted by atomic mass is 35.5. The highest BCUT2D eigenvalue weighted by Crippen LogP contribution is 2.28. The molecule has 100 valence electrons. The lowest BCUT2D eigenvalue weighted by Crippen LogP contribution is -2.14. The first-order chi connectivity index (χ1) is 9.65. The van der Waals surface area contributed by atoms with E-state index in [4.69, 9.17) is 11.6 Å². The van der Waals surface area contributed by atoms with Crippen LogP contribution in [0, 0.1) is 6.92 Å². The van der Waals surface area contributed by atoms with Crippen LogP contribution in [-0.4, -0.2) is 26.1 Å². The second kappa shape index (κ2) is 4.90. The van der Waals surface area contributed by atoms with Gasteiger partial charge in [-0.2, -0.15) is 0 Å². The van der Waals surface area contributed by atoms with Gasteiger partial charge in [0.25, 0.3) is 5.91 Å². The maximum Gasteiger partial charge on any atom is 0.295 e. The van der Waals surface area contributed by atoms with Crippen molar-refractivity contribution in [3.63, 3.8) is 0 Å². The molecular formula is C13H10ClN5O. The number of carbonyl (C=O) groups is 1. The summed E-state index contributed by atoms with van der Waals surface area (Å²) in [6.07, 6.45) is 1.64. The standard InChI is InChI=1S/C13H10ClN5O/c1-7-16-12(19-18-7)13(20)17-10-5-4-9(14)8-3-2-6-15-11(8)10/h2-6H,1H3,(H,17,20)(H,16,18,19). The molecule has 20 heavy (non-hydrogen) atoms. The quantitative estimate of drug-likeness (QED) is 0.759. The van der Waals surface area contributed by atoms with Crippen molar-refractivity contribution in [3.05, 3.63) is 47.1 Å². The third kappa shape index (κ3) is 2.21. The molecule has 0 aliphatic rings. The molecular weight excluding hydrogens is 278 g/mol. The Morgan fingerprint density at radius 1 is 1.35 bits per heavy atom. The van der Waals surface area contributed by atoms with Crippen molar-refractivity contribution in [2.75, 3.05) is 5.32 Å². The van der Waals surface area contributed by atoms with Crippen molar-refractivity contribution < 1.29 is 4.79 Å². The third-order valence-electron chi connectivity index (χ3n) is 2.76. The van der Waals surface area contributed by atoms with Crippen LogP contribution in [0.1, 0.15) is 16.4 Å². The molecule has 0 fully saturated rings. The minimum absolute atomic E-state index is 0.0848. The summed E-state index contributed by atoms with van der Waals surface area (Å²) >= 11 is 6.10. The molecule has 0 aliphatic heterocycles. The number of benzene rings is 1. The Labute approximate surface area is 119 Å². The highest BCUT2D eigenvalue weighted by Gasteiger charge is 2.14. The summed E-state index contributed by atoms with van der Waals surface area (Å²) in [4.78, 5) is 20.3. The molecule has 6 nitrogen and oxygen atoms in total. The van der Waals surface area contributed by atoms with Gasteiger partial charge in [0.15, 0.2) is 0 Å². The number of carbonyl (C=O) groups excluding carboxylic acids is 1. The summed E-state index contributed by atoms with van der Waals surface area (Å²) in [5.41, 5.74) is 1.19. The summed E-state index contributed by atoms with van der Waals surface area (Å²) in [5.74, 6) is 0.263. The summed E-state index contributed by atoms with van der Waals surface area (Å²) < 4.78 is 0. The number of hydrogen-bond acceptors (Lipinski definition) is 4. The zero-order chi connectivity index (χ0) is 14.1. The number of rotatable bonds is 2. The molecule has 0 radical (unpaired) electrons. The van der Waals surface area contributed by atoms with Gasteiger partial charge in [0.2, 0.25) is 5.82 Å². The minimum atomic E-state index is -0.399. The van der Waals surface area contributed by atoms with Gasteiger partial charge in [-0.3, -0.25) is 14.9 Å². The van der Waals surface area contributed by atoms with E-state index in [0.29, 0.717) is 22.1 Å². The van der Waals surface area contributed by atoms with Crippen LogP contribution in [0.3, 0.4) is 0 Å². The Morgan fingerprint density at radius 2 is 2.20 bits per heavy atom. The largest absolute Gasteiger partial charge is 0.317 e. The van der Waals surface area contributed by atoms with E-state index in [1.54, 1.807) is 31.3 Å². The number of aromatic nitrogens is 4. The minimum Gasteiger partial charge on any atom is -0.317 e. The van der Waals surface area contributed by atoms with Crippen LogP contribution in [0.25, 0.3) is 10.9 Å². The molecule has 2 heterocycles. The molecule has 0 spiro atoms. The third-order valence-corrected chi connectivity index (χ3v) is 3.09. The van der Waals surface area contributed by atoms with Crippen molar-refractivity contribution in [2.24, 2.45) is 0 Å². The summed E-state index contributed by atoms with van der Waals surface area (Å²) in [7, 11) is 0. The van der Waals surface area contributed by atoms with Crippen LogP contribution >= 0.6 is 11.6 Å². The number of aryl methyl sites for hydroxylation is 1. The maximum absolute atomic E-state index is 12.0. The van der Waals surface area contributed by atoms with Crippen LogP contribution in [0.15, 0.2) is 30.5 Å². The molecule has 0 saturated heterocycles. The molecule has 2 N–H and O–H groups in total. The smallest absolute Gasteiger partial charge is 0.295 e. The van der Waals surface area contributed by atoms with E-state index >= 15 is 0 Å². The first-order valence-electron chi connectivity index (χ1n) is 5.89. The van der Waals surface area contributed by atoms with Crippen molar-refractivity contribution >= 4 is 34.1 Å². The van der Waals surface area contributed by atoms with Crippen molar-refractivity contribution in [2.45, 2.75) is 6.92 Å². The SMILES string of the molecule is Cc1nc(C(=O)Nc2ccc(Cl)c3cccnc23)n[nH]1. The summed E-state index contributed by atoms with van der Waals surface area (Å²) in [6, 6.07) is 7.05.